The summed E-state index contributed by atoms with van der Waals surface area (Å²) >= 11 is 0. The van der Waals surface area contributed by atoms with Gasteiger partial charge in [0.15, 0.2) is 0 Å². The van der Waals surface area contributed by atoms with Crippen LogP contribution in [0.15, 0.2) is 89.6 Å². The van der Waals surface area contributed by atoms with Gasteiger partial charge in [0.25, 0.3) is 0 Å². The smallest absolute Gasteiger partial charge is 0.216 e. The number of hydrogen-bond acceptors (Lipinski definition) is 4. The van der Waals surface area contributed by atoms with Gasteiger partial charge >= 0.3 is 0 Å². The minimum atomic E-state index is -1.56. The fraction of sp³-hybridized carbons (Fsp3) is 0.156. The molecule has 6 rings (SSSR count). The molecule has 0 aliphatic rings. The molecule has 0 spiro atoms. The van der Waals surface area contributed by atoms with Crippen molar-refractivity contribution in [2.75, 3.05) is 0 Å². The summed E-state index contributed by atoms with van der Waals surface area (Å²) in [5, 5.41) is 3.61. The van der Waals surface area contributed by atoms with Crippen molar-refractivity contribution in [3.63, 3.8) is 0 Å². The third-order valence-electron chi connectivity index (χ3n) is 6.18. The zero-order chi connectivity index (χ0) is 26.0. The topological polar surface area (TPSA) is 51.8 Å². The van der Waals surface area contributed by atoms with Gasteiger partial charge < -0.3 is 14.4 Å². The van der Waals surface area contributed by atoms with Crippen molar-refractivity contribution in [3.8, 4) is 22.5 Å². The van der Waals surface area contributed by atoms with E-state index in [0.29, 0.717) is 5.71 Å². The average Bonchev–Trinajstić information content (AvgIpc) is 3.28. The molecule has 38 heavy (non-hydrogen) atoms. The Balaban J connectivity index is 0.000000204. The van der Waals surface area contributed by atoms with Gasteiger partial charge in [0, 0.05) is 51.7 Å². The normalized spacial score (nSPS) is 11.1. The molecule has 0 N–H and O–H groups in total. The summed E-state index contributed by atoms with van der Waals surface area (Å²) in [5.41, 5.74) is 7.49. The second-order valence-corrected chi connectivity index (χ2v) is 15.2. The first-order valence-electron chi connectivity index (χ1n) is 12.4. The number of hydrogen-bond donors (Lipinski definition) is 0. The van der Waals surface area contributed by atoms with Crippen LogP contribution in [0.5, 0.6) is 0 Å². The van der Waals surface area contributed by atoms with Crippen molar-refractivity contribution in [2.45, 2.75) is 33.5 Å². The van der Waals surface area contributed by atoms with Gasteiger partial charge in [0.1, 0.15) is 0 Å². The summed E-state index contributed by atoms with van der Waals surface area (Å²) in [6.45, 7) is 11.0. The maximum Gasteiger partial charge on any atom is 0.216 e. The molecule has 0 bridgehead atoms. The van der Waals surface area contributed by atoms with E-state index in [1.807, 2.05) is 74.6 Å². The Morgan fingerprint density at radius 2 is 1.63 bits per heavy atom. The Hall–Kier alpha value is -3.44. The quantitative estimate of drug-likeness (QED) is 0.142. The predicted molar refractivity (Wildman–Crippen MR) is 155 cm³/mol. The van der Waals surface area contributed by atoms with E-state index in [9.17, 15) is 0 Å². The number of rotatable bonds is 3. The molecule has 6 aromatic rings. The van der Waals surface area contributed by atoms with Gasteiger partial charge in [0.2, 0.25) is 5.71 Å². The fourth-order valence-corrected chi connectivity index (χ4v) is 5.77. The number of fused-ring (bicyclic) bond motifs is 3. The molecule has 0 saturated carbocycles. The summed E-state index contributed by atoms with van der Waals surface area (Å²) in [5.74, 6) is 0. The van der Waals surface area contributed by atoms with E-state index >= 15 is 0 Å². The summed E-state index contributed by atoms with van der Waals surface area (Å²) in [7, 11) is -1.56. The van der Waals surface area contributed by atoms with Crippen LogP contribution in [-0.2, 0) is 20.1 Å². The van der Waals surface area contributed by atoms with Gasteiger partial charge in [-0.15, -0.1) is 53.2 Å². The maximum absolute atomic E-state index is 6.19. The molecule has 0 saturated heterocycles. The third-order valence-corrected chi connectivity index (χ3v) is 8.19. The van der Waals surface area contributed by atoms with Crippen LogP contribution >= 0.6 is 0 Å². The Bertz CT molecular complexity index is 1660. The number of aromatic nitrogens is 3. The largest absolute Gasteiger partial charge is 0.486 e. The predicted octanol–water partition coefficient (Wildman–Crippen LogP) is 7.55. The van der Waals surface area contributed by atoms with E-state index in [2.05, 4.69) is 64.9 Å². The zero-order valence-electron chi connectivity index (χ0n) is 22.2. The zero-order valence-corrected chi connectivity index (χ0v) is 25.6. The standard InChI is InChI=1S/C20H19N2OSi.C12H10N.Ir/c1-13-8-9-15-18-17(24(2,3)4)11-10-14(16-7-5-6-12-21-16)19(18)23-20(15)22-13;1-10-7-8-12(13-9-10)11-5-3-2-4-6-11;/h5-9,11-12H,1-4H3;2-5,7-9H,1H3;/q2*-1;. The SMILES string of the molecule is Cc1ccc(-c2[c-]cccc2)nc1.Cc1ccc2c(n1)oc1c(-c3ccccn3)[c-]cc([Si](C)(C)C)c12.[Ir]. The first-order chi connectivity index (χ1) is 17.8. The van der Waals surface area contributed by atoms with Crippen LogP contribution in [-0.4, -0.2) is 23.0 Å². The molecule has 4 aromatic heterocycles. The van der Waals surface area contributed by atoms with E-state index in [4.69, 9.17) is 4.42 Å². The van der Waals surface area contributed by atoms with Crippen molar-refractivity contribution < 1.29 is 24.5 Å². The Kier molecular flexibility index (Phi) is 8.37. The first kappa shape index (κ1) is 27.6. The summed E-state index contributed by atoms with van der Waals surface area (Å²) in [4.78, 5) is 13.4. The molecular formula is C32H29IrN3OSi-2. The number of furan rings is 1. The first-order valence-corrected chi connectivity index (χ1v) is 15.9. The Labute approximate surface area is 238 Å². The van der Waals surface area contributed by atoms with Gasteiger partial charge in [-0.3, -0.25) is 0 Å². The van der Waals surface area contributed by atoms with E-state index in [1.165, 1.54) is 16.1 Å². The number of aryl methyl sites for hydroxylation is 2. The van der Waals surface area contributed by atoms with E-state index < -0.39 is 8.07 Å². The molecular weight excluding hydrogens is 663 g/mol. The van der Waals surface area contributed by atoms with Gasteiger partial charge in [-0.1, -0.05) is 54.9 Å². The van der Waals surface area contributed by atoms with E-state index in [1.54, 1.807) is 6.20 Å². The van der Waals surface area contributed by atoms with Crippen molar-refractivity contribution in [2.24, 2.45) is 0 Å². The van der Waals surface area contributed by atoms with Crippen molar-refractivity contribution in [3.05, 3.63) is 109 Å². The maximum atomic E-state index is 6.19. The van der Waals surface area contributed by atoms with E-state index in [0.717, 1.165) is 39.2 Å². The minimum absolute atomic E-state index is 0. The summed E-state index contributed by atoms with van der Waals surface area (Å²) < 4.78 is 6.19. The molecule has 0 aliphatic heterocycles. The Morgan fingerprint density at radius 1 is 0.816 bits per heavy atom. The van der Waals surface area contributed by atoms with Gasteiger partial charge in [-0.2, -0.15) is 0 Å². The van der Waals surface area contributed by atoms with Gasteiger partial charge in [-0.05, 0) is 49.0 Å². The molecule has 2 aromatic carbocycles. The van der Waals surface area contributed by atoms with Crippen LogP contribution in [0.1, 0.15) is 11.3 Å². The molecule has 0 amide bonds. The summed E-state index contributed by atoms with van der Waals surface area (Å²) in [6.07, 6.45) is 3.67. The van der Waals surface area contributed by atoms with Crippen molar-refractivity contribution in [1.29, 1.82) is 0 Å². The van der Waals surface area contributed by atoms with Crippen LogP contribution in [0.2, 0.25) is 19.6 Å². The number of pyridine rings is 3. The fourth-order valence-electron chi connectivity index (χ4n) is 4.27. The average molecular weight is 692 g/mol. The van der Waals surface area contributed by atoms with Gasteiger partial charge in [0.05, 0.1) is 5.58 Å². The van der Waals surface area contributed by atoms with Crippen LogP contribution in [0.3, 0.4) is 0 Å². The van der Waals surface area contributed by atoms with Crippen molar-refractivity contribution in [1.82, 2.24) is 15.0 Å². The minimum Gasteiger partial charge on any atom is -0.486 e. The van der Waals surface area contributed by atoms with Crippen LogP contribution in [0.4, 0.5) is 0 Å². The molecule has 0 aliphatic carbocycles. The van der Waals surface area contributed by atoms with Crippen LogP contribution in [0.25, 0.3) is 44.6 Å². The molecule has 0 atom stereocenters. The van der Waals surface area contributed by atoms with E-state index in [-0.39, 0.29) is 20.1 Å². The molecule has 0 fully saturated rings. The molecule has 6 heteroatoms. The summed E-state index contributed by atoms with van der Waals surface area (Å²) in [6, 6.07) is 30.7. The van der Waals surface area contributed by atoms with Crippen LogP contribution < -0.4 is 5.19 Å². The molecule has 4 nitrogen and oxygen atoms in total. The third kappa shape index (κ3) is 5.83. The van der Waals surface area contributed by atoms with Gasteiger partial charge in [-0.25, -0.2) is 4.98 Å². The molecule has 4 heterocycles. The second-order valence-electron chi connectivity index (χ2n) is 10.2. The Morgan fingerprint density at radius 3 is 2.29 bits per heavy atom. The number of nitrogens with zero attached hydrogens (tertiary/aromatic N) is 3. The second kappa shape index (κ2) is 11.5. The number of benzene rings is 2. The molecule has 0 unspecified atom stereocenters. The monoisotopic (exact) mass is 692 g/mol. The molecule has 193 valence electrons. The molecule has 1 radical (unpaired) electrons. The van der Waals surface area contributed by atoms with Crippen LogP contribution in [0, 0.1) is 26.0 Å². The van der Waals surface area contributed by atoms with Crippen molar-refractivity contribution >= 4 is 35.3 Å².